The van der Waals surface area contributed by atoms with Crippen molar-refractivity contribution in [3.8, 4) is 11.4 Å². The highest BCUT2D eigenvalue weighted by atomic mass is 15.1. The fraction of sp³-hybridized carbons (Fsp3) is 0.211. The van der Waals surface area contributed by atoms with Crippen LogP contribution in [0.25, 0.3) is 22.6 Å². The summed E-state index contributed by atoms with van der Waals surface area (Å²) in [6, 6.07) is 10.2. The fourth-order valence-corrected chi connectivity index (χ4v) is 3.21. The summed E-state index contributed by atoms with van der Waals surface area (Å²) in [5.74, 6) is 0.865. The molecule has 132 valence electrons. The van der Waals surface area contributed by atoms with E-state index >= 15 is 0 Å². The predicted molar refractivity (Wildman–Crippen MR) is 104 cm³/mol. The van der Waals surface area contributed by atoms with Gasteiger partial charge in [-0.25, -0.2) is 9.97 Å². The second kappa shape index (κ2) is 6.97. The fourth-order valence-electron chi connectivity index (χ4n) is 3.21. The molecule has 1 atom stereocenters. The van der Waals surface area contributed by atoms with Crippen LogP contribution in [-0.4, -0.2) is 39.7 Å². The molecule has 0 aromatic carbocycles. The Morgan fingerprint density at radius 2 is 2.27 bits per heavy atom. The lowest BCUT2D eigenvalue weighted by atomic mass is 10.1. The molecule has 0 aliphatic carbocycles. The predicted octanol–water partition coefficient (Wildman–Crippen LogP) is 2.12. The van der Waals surface area contributed by atoms with Crippen LogP contribution in [0.3, 0.4) is 0 Å². The maximum absolute atomic E-state index is 7.50. The Labute approximate surface area is 151 Å². The summed E-state index contributed by atoms with van der Waals surface area (Å²) in [6.07, 6.45) is 7.53. The molecule has 1 saturated heterocycles. The number of allylic oxidation sites excluding steroid dienone is 1. The van der Waals surface area contributed by atoms with Gasteiger partial charge in [-0.05, 0) is 37.2 Å². The van der Waals surface area contributed by atoms with E-state index in [0.717, 1.165) is 47.9 Å². The number of imidazole rings is 1. The number of rotatable bonds is 5. The van der Waals surface area contributed by atoms with Gasteiger partial charge in [0.2, 0.25) is 0 Å². The SMILES string of the molecule is N=CC(=CN)c1ccc2ncc(-c3cccc(N[C@H]4CCNC4)n3)n2c1. The molecule has 0 saturated carbocycles. The van der Waals surface area contributed by atoms with Crippen molar-refractivity contribution in [2.45, 2.75) is 12.5 Å². The van der Waals surface area contributed by atoms with Gasteiger partial charge in [0.05, 0.1) is 17.6 Å². The molecule has 0 spiro atoms. The highest BCUT2D eigenvalue weighted by Gasteiger charge is 2.15. The standard InChI is InChI=1S/C19H21N7/c20-8-14(9-21)13-4-5-19-23-11-17(26(19)12-13)16-2-1-3-18(25-16)24-15-6-7-22-10-15/h1-5,8-9,11-12,15,20,22H,6-7,10,21H2,(H,24,25)/t15-/m0/s1. The molecule has 3 aromatic rings. The maximum atomic E-state index is 7.50. The van der Waals surface area contributed by atoms with Crippen LogP contribution in [0.4, 0.5) is 5.82 Å². The molecule has 1 fully saturated rings. The molecule has 7 nitrogen and oxygen atoms in total. The summed E-state index contributed by atoms with van der Waals surface area (Å²) < 4.78 is 1.98. The number of nitrogens with zero attached hydrogens (tertiary/aromatic N) is 3. The first-order valence-electron chi connectivity index (χ1n) is 8.63. The average Bonchev–Trinajstić information content (AvgIpc) is 3.32. The van der Waals surface area contributed by atoms with Gasteiger partial charge >= 0.3 is 0 Å². The number of pyridine rings is 2. The van der Waals surface area contributed by atoms with Crippen molar-refractivity contribution in [2.75, 3.05) is 18.4 Å². The molecule has 1 aliphatic rings. The third-order valence-electron chi connectivity index (χ3n) is 4.60. The third kappa shape index (κ3) is 3.04. The molecule has 0 radical (unpaired) electrons. The lowest BCUT2D eigenvalue weighted by Crippen LogP contribution is -2.22. The minimum absolute atomic E-state index is 0.413. The van der Waals surface area contributed by atoms with E-state index in [9.17, 15) is 0 Å². The van der Waals surface area contributed by atoms with Crippen LogP contribution >= 0.6 is 0 Å². The quantitative estimate of drug-likeness (QED) is 0.529. The molecule has 0 bridgehead atoms. The normalized spacial score (nSPS) is 17.5. The monoisotopic (exact) mass is 347 g/mol. The number of hydrogen-bond acceptors (Lipinski definition) is 6. The maximum Gasteiger partial charge on any atom is 0.137 e. The van der Waals surface area contributed by atoms with E-state index in [1.54, 1.807) is 0 Å². The topological polar surface area (TPSA) is 104 Å². The van der Waals surface area contributed by atoms with E-state index in [2.05, 4.69) is 15.6 Å². The van der Waals surface area contributed by atoms with Crippen LogP contribution in [-0.2, 0) is 0 Å². The highest BCUT2D eigenvalue weighted by molar-refractivity contribution is 6.08. The minimum atomic E-state index is 0.413. The van der Waals surface area contributed by atoms with Crippen LogP contribution in [0.5, 0.6) is 0 Å². The van der Waals surface area contributed by atoms with Gasteiger partial charge in [-0.3, -0.25) is 4.40 Å². The first-order chi connectivity index (χ1) is 12.8. The first-order valence-corrected chi connectivity index (χ1v) is 8.63. The first kappa shape index (κ1) is 16.3. The van der Waals surface area contributed by atoms with Crippen molar-refractivity contribution in [3.05, 3.63) is 54.5 Å². The van der Waals surface area contributed by atoms with Gasteiger partial charge in [0.1, 0.15) is 11.5 Å². The average molecular weight is 347 g/mol. The van der Waals surface area contributed by atoms with E-state index in [1.807, 2.05) is 47.1 Å². The molecule has 26 heavy (non-hydrogen) atoms. The second-order valence-electron chi connectivity index (χ2n) is 6.30. The van der Waals surface area contributed by atoms with Gasteiger partial charge in [0.25, 0.3) is 0 Å². The van der Waals surface area contributed by atoms with Gasteiger partial charge < -0.3 is 21.8 Å². The Bertz CT molecular complexity index is 967. The van der Waals surface area contributed by atoms with Gasteiger partial charge in [-0.15, -0.1) is 0 Å². The van der Waals surface area contributed by atoms with Gasteiger partial charge in [-0.1, -0.05) is 6.07 Å². The zero-order valence-corrected chi connectivity index (χ0v) is 14.3. The van der Waals surface area contributed by atoms with Gasteiger partial charge in [-0.2, -0.15) is 0 Å². The Kier molecular flexibility index (Phi) is 4.37. The highest BCUT2D eigenvalue weighted by Crippen LogP contribution is 2.23. The minimum Gasteiger partial charge on any atom is -0.404 e. The van der Waals surface area contributed by atoms with Crippen LogP contribution in [0.1, 0.15) is 12.0 Å². The van der Waals surface area contributed by atoms with Crippen LogP contribution in [0.15, 0.2) is 48.9 Å². The summed E-state index contributed by atoms with van der Waals surface area (Å²) in [7, 11) is 0. The molecule has 4 rings (SSSR count). The summed E-state index contributed by atoms with van der Waals surface area (Å²) in [5, 5.41) is 14.3. The molecule has 7 heteroatoms. The Balaban J connectivity index is 1.71. The van der Waals surface area contributed by atoms with Crippen molar-refractivity contribution in [1.29, 1.82) is 5.41 Å². The van der Waals surface area contributed by atoms with E-state index < -0.39 is 0 Å². The van der Waals surface area contributed by atoms with Crippen LogP contribution in [0, 0.1) is 5.41 Å². The molecule has 0 amide bonds. The van der Waals surface area contributed by atoms with Crippen molar-refractivity contribution >= 4 is 23.3 Å². The van der Waals surface area contributed by atoms with E-state index in [-0.39, 0.29) is 0 Å². The van der Waals surface area contributed by atoms with Crippen molar-refractivity contribution in [1.82, 2.24) is 19.7 Å². The number of nitrogens with two attached hydrogens (primary N) is 1. The van der Waals surface area contributed by atoms with Crippen molar-refractivity contribution in [3.63, 3.8) is 0 Å². The third-order valence-corrected chi connectivity index (χ3v) is 4.60. The summed E-state index contributed by atoms with van der Waals surface area (Å²) >= 11 is 0. The van der Waals surface area contributed by atoms with Crippen LogP contribution < -0.4 is 16.4 Å². The Morgan fingerprint density at radius 1 is 1.35 bits per heavy atom. The molecule has 4 heterocycles. The van der Waals surface area contributed by atoms with Crippen LogP contribution in [0.2, 0.25) is 0 Å². The van der Waals surface area contributed by atoms with E-state index in [4.69, 9.17) is 16.1 Å². The zero-order chi connectivity index (χ0) is 17.9. The largest absolute Gasteiger partial charge is 0.404 e. The number of fused-ring (bicyclic) bond motifs is 1. The smallest absolute Gasteiger partial charge is 0.137 e. The second-order valence-corrected chi connectivity index (χ2v) is 6.30. The molecule has 1 aliphatic heterocycles. The summed E-state index contributed by atoms with van der Waals surface area (Å²) in [6.45, 7) is 2.00. The summed E-state index contributed by atoms with van der Waals surface area (Å²) in [5.41, 5.74) is 9.71. The van der Waals surface area contributed by atoms with Crippen molar-refractivity contribution in [2.24, 2.45) is 5.73 Å². The summed E-state index contributed by atoms with van der Waals surface area (Å²) in [4.78, 5) is 9.22. The molecular formula is C19H21N7. The Hall–Kier alpha value is -3.19. The molecule has 3 aromatic heterocycles. The Morgan fingerprint density at radius 3 is 3.04 bits per heavy atom. The molecule has 0 unspecified atom stereocenters. The van der Waals surface area contributed by atoms with Gasteiger partial charge in [0.15, 0.2) is 0 Å². The number of hydrogen-bond donors (Lipinski definition) is 4. The number of nitrogens with one attached hydrogen (secondary N) is 3. The van der Waals surface area contributed by atoms with E-state index in [1.165, 1.54) is 12.4 Å². The van der Waals surface area contributed by atoms with Crippen molar-refractivity contribution < 1.29 is 0 Å². The number of anilines is 1. The lowest BCUT2D eigenvalue weighted by Gasteiger charge is -2.13. The molecule has 5 N–H and O–H groups in total. The van der Waals surface area contributed by atoms with E-state index in [0.29, 0.717) is 11.6 Å². The molecular weight excluding hydrogens is 326 g/mol. The number of aromatic nitrogens is 3. The zero-order valence-electron chi connectivity index (χ0n) is 14.3. The lowest BCUT2D eigenvalue weighted by molar-refractivity contribution is 0.788. The van der Waals surface area contributed by atoms with Gasteiger partial charge in [0, 0.05) is 42.3 Å².